The van der Waals surface area contributed by atoms with Crippen LogP contribution >= 0.6 is 0 Å². The van der Waals surface area contributed by atoms with Gasteiger partial charge < -0.3 is 4.74 Å². The highest BCUT2D eigenvalue weighted by Crippen LogP contribution is 2.14. The second-order valence-electron chi connectivity index (χ2n) is 4.83. The molecule has 0 amide bonds. The number of morpholine rings is 1. The lowest BCUT2D eigenvalue weighted by atomic mass is 10.0. The summed E-state index contributed by atoms with van der Waals surface area (Å²) in [4.78, 5) is 0. The summed E-state index contributed by atoms with van der Waals surface area (Å²) in [6, 6.07) is 8.87. The molecular weight excluding hydrogens is 212 g/mol. The topological polar surface area (TPSA) is 24.5 Å². The van der Waals surface area contributed by atoms with Gasteiger partial charge in [-0.25, -0.2) is 5.01 Å². The third-order valence-electron chi connectivity index (χ3n) is 3.16. The molecule has 1 aliphatic rings. The zero-order valence-electron chi connectivity index (χ0n) is 10.8. The van der Waals surface area contributed by atoms with E-state index < -0.39 is 0 Å². The summed E-state index contributed by atoms with van der Waals surface area (Å²) in [5.41, 5.74) is 6.18. The molecule has 1 heterocycles. The fourth-order valence-corrected chi connectivity index (χ4v) is 1.94. The first-order valence-electron chi connectivity index (χ1n) is 6.41. The number of rotatable bonds is 4. The average Bonchev–Trinajstić information content (AvgIpc) is 2.38. The smallest absolute Gasteiger partial charge is 0.0608 e. The van der Waals surface area contributed by atoms with Crippen LogP contribution < -0.4 is 5.43 Å². The van der Waals surface area contributed by atoms with E-state index in [9.17, 15) is 0 Å². The molecule has 1 aliphatic heterocycles. The number of benzene rings is 1. The van der Waals surface area contributed by atoms with Gasteiger partial charge in [0.15, 0.2) is 0 Å². The Balaban J connectivity index is 1.82. The third-order valence-corrected chi connectivity index (χ3v) is 3.16. The van der Waals surface area contributed by atoms with Crippen molar-refractivity contribution in [1.82, 2.24) is 10.4 Å². The molecule has 17 heavy (non-hydrogen) atoms. The van der Waals surface area contributed by atoms with Crippen LogP contribution in [0.4, 0.5) is 0 Å². The lowest BCUT2D eigenvalue weighted by Gasteiger charge is -2.27. The molecule has 0 unspecified atom stereocenters. The molecule has 2 rings (SSSR count). The predicted octanol–water partition coefficient (Wildman–Crippen LogP) is 2.15. The highest BCUT2D eigenvalue weighted by molar-refractivity contribution is 5.24. The van der Waals surface area contributed by atoms with E-state index >= 15 is 0 Å². The van der Waals surface area contributed by atoms with Gasteiger partial charge in [0, 0.05) is 19.6 Å². The molecule has 0 saturated carbocycles. The minimum atomic E-state index is 0.608. The summed E-state index contributed by atoms with van der Waals surface area (Å²) in [5, 5.41) is 2.24. The van der Waals surface area contributed by atoms with Crippen LogP contribution in [0.25, 0.3) is 0 Å². The maximum absolute atomic E-state index is 5.31. The van der Waals surface area contributed by atoms with Crippen LogP contribution in [0, 0.1) is 0 Å². The first-order chi connectivity index (χ1) is 8.25. The number of nitrogens with one attached hydrogen (secondary N) is 1. The van der Waals surface area contributed by atoms with Crippen molar-refractivity contribution in [2.24, 2.45) is 0 Å². The Morgan fingerprint density at radius 1 is 1.18 bits per heavy atom. The molecule has 0 aromatic heterocycles. The first kappa shape index (κ1) is 12.6. The summed E-state index contributed by atoms with van der Waals surface area (Å²) >= 11 is 0. The van der Waals surface area contributed by atoms with Crippen molar-refractivity contribution >= 4 is 0 Å². The van der Waals surface area contributed by atoms with Crippen LogP contribution in [0.15, 0.2) is 24.3 Å². The molecule has 0 aliphatic carbocycles. The number of hydrazine groups is 1. The molecule has 3 nitrogen and oxygen atoms in total. The van der Waals surface area contributed by atoms with Crippen LogP contribution in [-0.4, -0.2) is 31.3 Å². The SMILES string of the molecule is CC(C)c1ccc(CNN2CCOCC2)cc1. The van der Waals surface area contributed by atoms with Crippen LogP contribution in [-0.2, 0) is 11.3 Å². The molecule has 1 aromatic rings. The minimum Gasteiger partial charge on any atom is -0.379 e. The number of ether oxygens (including phenoxy) is 1. The van der Waals surface area contributed by atoms with Gasteiger partial charge in [-0.3, -0.25) is 5.43 Å². The monoisotopic (exact) mass is 234 g/mol. The Morgan fingerprint density at radius 2 is 1.82 bits per heavy atom. The van der Waals surface area contributed by atoms with E-state index in [0.29, 0.717) is 5.92 Å². The van der Waals surface area contributed by atoms with Gasteiger partial charge in [-0.1, -0.05) is 38.1 Å². The number of nitrogens with zero attached hydrogens (tertiary/aromatic N) is 1. The fourth-order valence-electron chi connectivity index (χ4n) is 1.94. The fraction of sp³-hybridized carbons (Fsp3) is 0.571. The highest BCUT2D eigenvalue weighted by atomic mass is 16.5. The van der Waals surface area contributed by atoms with E-state index in [-0.39, 0.29) is 0 Å². The summed E-state index contributed by atoms with van der Waals surface area (Å²) in [5.74, 6) is 0.608. The summed E-state index contributed by atoms with van der Waals surface area (Å²) in [7, 11) is 0. The standard InChI is InChI=1S/C14H22N2O/c1-12(2)14-5-3-13(4-6-14)11-15-16-7-9-17-10-8-16/h3-6,12,15H,7-11H2,1-2H3. The molecule has 1 saturated heterocycles. The van der Waals surface area contributed by atoms with Gasteiger partial charge in [0.05, 0.1) is 13.2 Å². The van der Waals surface area contributed by atoms with Crippen molar-refractivity contribution in [2.75, 3.05) is 26.3 Å². The zero-order chi connectivity index (χ0) is 12.1. The Bertz CT molecular complexity index is 329. The van der Waals surface area contributed by atoms with E-state index in [0.717, 1.165) is 32.8 Å². The molecule has 94 valence electrons. The minimum absolute atomic E-state index is 0.608. The average molecular weight is 234 g/mol. The van der Waals surface area contributed by atoms with Gasteiger partial charge in [-0.05, 0) is 17.0 Å². The molecule has 0 atom stereocenters. The van der Waals surface area contributed by atoms with E-state index in [1.54, 1.807) is 0 Å². The summed E-state index contributed by atoms with van der Waals surface area (Å²) in [6.07, 6.45) is 0. The molecule has 0 radical (unpaired) electrons. The first-order valence-corrected chi connectivity index (χ1v) is 6.41. The quantitative estimate of drug-likeness (QED) is 0.864. The lowest BCUT2D eigenvalue weighted by molar-refractivity contribution is 0.0106. The third kappa shape index (κ3) is 3.80. The van der Waals surface area contributed by atoms with Gasteiger partial charge in [0.25, 0.3) is 0 Å². The van der Waals surface area contributed by atoms with E-state index in [4.69, 9.17) is 4.74 Å². The van der Waals surface area contributed by atoms with Gasteiger partial charge in [0.2, 0.25) is 0 Å². The molecule has 0 spiro atoms. The number of hydrogen-bond acceptors (Lipinski definition) is 3. The van der Waals surface area contributed by atoms with Gasteiger partial charge in [0.1, 0.15) is 0 Å². The van der Waals surface area contributed by atoms with Crippen LogP contribution in [0.1, 0.15) is 30.9 Å². The second-order valence-corrected chi connectivity index (χ2v) is 4.83. The maximum Gasteiger partial charge on any atom is 0.0608 e. The van der Waals surface area contributed by atoms with Crippen LogP contribution in [0.2, 0.25) is 0 Å². The van der Waals surface area contributed by atoms with Gasteiger partial charge >= 0.3 is 0 Å². The normalized spacial score (nSPS) is 17.6. The van der Waals surface area contributed by atoms with Crippen molar-refractivity contribution in [3.8, 4) is 0 Å². The summed E-state index contributed by atoms with van der Waals surface area (Å²) < 4.78 is 5.31. The molecule has 1 N–H and O–H groups in total. The largest absolute Gasteiger partial charge is 0.379 e. The highest BCUT2D eigenvalue weighted by Gasteiger charge is 2.09. The van der Waals surface area contributed by atoms with Crippen molar-refractivity contribution < 1.29 is 4.74 Å². The Hall–Kier alpha value is -0.900. The summed E-state index contributed by atoms with van der Waals surface area (Å²) in [6.45, 7) is 8.97. The second kappa shape index (κ2) is 6.15. The Kier molecular flexibility index (Phi) is 4.54. The maximum atomic E-state index is 5.31. The van der Waals surface area contributed by atoms with Gasteiger partial charge in [-0.2, -0.15) is 0 Å². The molecule has 1 fully saturated rings. The van der Waals surface area contributed by atoms with Crippen LogP contribution in [0.3, 0.4) is 0 Å². The van der Waals surface area contributed by atoms with E-state index in [1.807, 2.05) is 0 Å². The van der Waals surface area contributed by atoms with Crippen molar-refractivity contribution in [2.45, 2.75) is 26.3 Å². The van der Waals surface area contributed by atoms with Crippen LogP contribution in [0.5, 0.6) is 0 Å². The lowest BCUT2D eigenvalue weighted by Crippen LogP contribution is -2.45. The molecule has 3 heteroatoms. The Morgan fingerprint density at radius 3 is 2.41 bits per heavy atom. The van der Waals surface area contributed by atoms with Crippen molar-refractivity contribution in [3.05, 3.63) is 35.4 Å². The molecule has 1 aromatic carbocycles. The van der Waals surface area contributed by atoms with Gasteiger partial charge in [-0.15, -0.1) is 0 Å². The predicted molar refractivity (Wildman–Crippen MR) is 69.8 cm³/mol. The van der Waals surface area contributed by atoms with Crippen molar-refractivity contribution in [1.29, 1.82) is 0 Å². The number of hydrogen-bond donors (Lipinski definition) is 1. The van der Waals surface area contributed by atoms with Crippen molar-refractivity contribution in [3.63, 3.8) is 0 Å². The zero-order valence-corrected chi connectivity index (χ0v) is 10.8. The van der Waals surface area contributed by atoms with E-state index in [2.05, 4.69) is 48.5 Å². The molecule has 0 bridgehead atoms. The van der Waals surface area contributed by atoms with E-state index in [1.165, 1.54) is 11.1 Å². The Labute approximate surface area is 104 Å². The molecular formula is C14H22N2O.